The summed E-state index contributed by atoms with van der Waals surface area (Å²) < 4.78 is 38.1. The predicted octanol–water partition coefficient (Wildman–Crippen LogP) is 4.65. The average Bonchev–Trinajstić information content (AvgIpc) is 3.07. The van der Waals surface area contributed by atoms with E-state index in [1.807, 2.05) is 0 Å². The Labute approximate surface area is 189 Å². The third kappa shape index (κ3) is 5.01. The second kappa shape index (κ2) is 9.52. The first-order valence-electron chi connectivity index (χ1n) is 10.1. The van der Waals surface area contributed by atoms with E-state index in [2.05, 4.69) is 5.32 Å². The van der Waals surface area contributed by atoms with E-state index in [1.54, 1.807) is 36.4 Å². The summed E-state index contributed by atoms with van der Waals surface area (Å²) in [5, 5.41) is 2.52. The van der Waals surface area contributed by atoms with Crippen LogP contribution in [0.4, 0.5) is 13.6 Å². The van der Waals surface area contributed by atoms with Crippen LogP contribution in [0, 0.1) is 11.6 Å². The molecule has 0 atom stereocenters. The first-order valence-corrected chi connectivity index (χ1v) is 10.1. The van der Waals surface area contributed by atoms with Gasteiger partial charge in [-0.1, -0.05) is 36.4 Å². The van der Waals surface area contributed by atoms with E-state index in [9.17, 15) is 18.4 Å². The lowest BCUT2D eigenvalue weighted by Crippen LogP contribution is -2.30. The fourth-order valence-electron chi connectivity index (χ4n) is 3.31. The Morgan fingerprint density at radius 3 is 2.45 bits per heavy atom. The van der Waals surface area contributed by atoms with Crippen LogP contribution in [0.15, 0.2) is 72.4 Å². The van der Waals surface area contributed by atoms with Crippen molar-refractivity contribution in [2.24, 2.45) is 0 Å². The number of rotatable bonds is 7. The highest BCUT2D eigenvalue weighted by Crippen LogP contribution is 2.30. The van der Waals surface area contributed by atoms with Gasteiger partial charge in [0.1, 0.15) is 23.9 Å². The van der Waals surface area contributed by atoms with Gasteiger partial charge < -0.3 is 14.8 Å². The molecular formula is C25H20F2N2O4. The smallest absolute Gasteiger partial charge is 0.329 e. The summed E-state index contributed by atoms with van der Waals surface area (Å²) in [4.78, 5) is 25.9. The van der Waals surface area contributed by atoms with Crippen molar-refractivity contribution in [1.29, 1.82) is 0 Å². The lowest BCUT2D eigenvalue weighted by molar-refractivity contribution is -0.123. The molecule has 1 heterocycles. The molecule has 3 aromatic carbocycles. The standard InChI is InChI=1S/C25H20F2N2O4/c1-32-23-13-17(8-11-22(23)33-15-16-6-9-19(26)10-7-16)12-21-24(30)29(25(31)28-21)14-18-4-2-3-5-20(18)27/h2-13H,14-15H2,1H3,(H,28,31)/b21-12+. The van der Waals surface area contributed by atoms with Crippen molar-refractivity contribution < 1.29 is 27.8 Å². The molecule has 1 N–H and O–H groups in total. The zero-order valence-corrected chi connectivity index (χ0v) is 17.7. The predicted molar refractivity (Wildman–Crippen MR) is 117 cm³/mol. The summed E-state index contributed by atoms with van der Waals surface area (Å²) in [6, 6.07) is 16.3. The zero-order chi connectivity index (χ0) is 23.4. The van der Waals surface area contributed by atoms with Crippen LogP contribution in [-0.2, 0) is 17.9 Å². The highest BCUT2D eigenvalue weighted by atomic mass is 19.1. The van der Waals surface area contributed by atoms with Crippen molar-refractivity contribution in [1.82, 2.24) is 10.2 Å². The molecular weight excluding hydrogens is 430 g/mol. The third-order valence-electron chi connectivity index (χ3n) is 5.05. The lowest BCUT2D eigenvalue weighted by atomic mass is 10.1. The van der Waals surface area contributed by atoms with Gasteiger partial charge in [-0.3, -0.25) is 9.69 Å². The van der Waals surface area contributed by atoms with Gasteiger partial charge >= 0.3 is 6.03 Å². The number of nitrogens with one attached hydrogen (secondary N) is 1. The molecule has 0 aliphatic carbocycles. The van der Waals surface area contributed by atoms with Gasteiger partial charge in [-0.2, -0.15) is 0 Å². The maximum Gasteiger partial charge on any atom is 0.329 e. The molecule has 4 rings (SSSR count). The van der Waals surface area contributed by atoms with Gasteiger partial charge in [-0.15, -0.1) is 0 Å². The Hall–Kier alpha value is -4.20. The molecule has 0 bridgehead atoms. The minimum atomic E-state index is -0.624. The molecule has 1 aliphatic rings. The van der Waals surface area contributed by atoms with E-state index >= 15 is 0 Å². The van der Waals surface area contributed by atoms with E-state index in [4.69, 9.17) is 9.47 Å². The fraction of sp³-hybridized carbons (Fsp3) is 0.120. The number of amides is 3. The number of hydrogen-bond acceptors (Lipinski definition) is 4. The number of methoxy groups -OCH3 is 1. The number of halogens is 2. The van der Waals surface area contributed by atoms with Gasteiger partial charge in [0.25, 0.3) is 5.91 Å². The van der Waals surface area contributed by atoms with Crippen LogP contribution in [0.1, 0.15) is 16.7 Å². The number of carbonyl (C=O) groups is 2. The van der Waals surface area contributed by atoms with E-state index in [0.29, 0.717) is 17.1 Å². The number of ether oxygens (including phenoxy) is 2. The molecule has 1 fully saturated rings. The zero-order valence-electron chi connectivity index (χ0n) is 17.7. The Bertz CT molecular complexity index is 1230. The summed E-state index contributed by atoms with van der Waals surface area (Å²) in [7, 11) is 1.48. The van der Waals surface area contributed by atoms with Crippen molar-refractivity contribution in [3.8, 4) is 11.5 Å². The van der Waals surface area contributed by atoms with Crippen LogP contribution >= 0.6 is 0 Å². The molecule has 0 spiro atoms. The number of imide groups is 1. The SMILES string of the molecule is COc1cc(/C=C2/NC(=O)N(Cc3ccccc3F)C2=O)ccc1OCc1ccc(F)cc1. The fourth-order valence-corrected chi connectivity index (χ4v) is 3.31. The van der Waals surface area contributed by atoms with Crippen LogP contribution in [0.2, 0.25) is 0 Å². The Balaban J connectivity index is 1.49. The molecule has 3 amide bonds. The second-order valence-corrected chi connectivity index (χ2v) is 7.30. The number of hydrogen-bond donors (Lipinski definition) is 1. The van der Waals surface area contributed by atoms with E-state index in [0.717, 1.165) is 10.5 Å². The molecule has 33 heavy (non-hydrogen) atoms. The molecule has 0 saturated carbocycles. The topological polar surface area (TPSA) is 67.9 Å². The number of nitrogens with zero attached hydrogens (tertiary/aromatic N) is 1. The molecule has 1 saturated heterocycles. The first-order chi connectivity index (χ1) is 15.9. The summed E-state index contributed by atoms with van der Waals surface area (Å²) in [6.07, 6.45) is 1.51. The normalized spacial score (nSPS) is 14.5. The summed E-state index contributed by atoms with van der Waals surface area (Å²) in [5.41, 5.74) is 1.70. The van der Waals surface area contributed by atoms with Crippen LogP contribution in [0.3, 0.4) is 0 Å². The van der Waals surface area contributed by atoms with Gasteiger partial charge in [0.05, 0.1) is 13.7 Å². The first kappa shape index (κ1) is 22.0. The van der Waals surface area contributed by atoms with Gasteiger partial charge in [-0.05, 0) is 47.5 Å². The minimum Gasteiger partial charge on any atom is -0.493 e. The van der Waals surface area contributed by atoms with Gasteiger partial charge in [0, 0.05) is 5.56 Å². The van der Waals surface area contributed by atoms with Crippen LogP contribution in [0.5, 0.6) is 11.5 Å². The summed E-state index contributed by atoms with van der Waals surface area (Å²) >= 11 is 0. The van der Waals surface area contributed by atoms with Crippen molar-refractivity contribution >= 4 is 18.0 Å². The van der Waals surface area contributed by atoms with E-state index in [-0.39, 0.29) is 30.2 Å². The monoisotopic (exact) mass is 450 g/mol. The van der Waals surface area contributed by atoms with Gasteiger partial charge in [-0.25, -0.2) is 13.6 Å². The molecule has 8 heteroatoms. The van der Waals surface area contributed by atoms with Crippen molar-refractivity contribution in [2.75, 3.05) is 7.11 Å². The second-order valence-electron chi connectivity index (χ2n) is 7.30. The third-order valence-corrected chi connectivity index (χ3v) is 5.05. The van der Waals surface area contributed by atoms with Gasteiger partial charge in [0.2, 0.25) is 0 Å². The molecule has 0 radical (unpaired) electrons. The molecule has 168 valence electrons. The van der Waals surface area contributed by atoms with Crippen molar-refractivity contribution in [3.63, 3.8) is 0 Å². The van der Waals surface area contributed by atoms with E-state index in [1.165, 1.54) is 43.5 Å². The Morgan fingerprint density at radius 1 is 0.970 bits per heavy atom. The quantitative estimate of drug-likeness (QED) is 0.421. The Kier molecular flexibility index (Phi) is 6.35. The van der Waals surface area contributed by atoms with Crippen LogP contribution in [-0.4, -0.2) is 23.9 Å². The summed E-state index contributed by atoms with van der Waals surface area (Å²) in [6.45, 7) is 0.0464. The molecule has 1 aliphatic heterocycles. The largest absolute Gasteiger partial charge is 0.493 e. The average molecular weight is 450 g/mol. The number of carbonyl (C=O) groups excluding carboxylic acids is 2. The maximum absolute atomic E-state index is 13.9. The van der Waals surface area contributed by atoms with E-state index < -0.39 is 17.8 Å². The highest BCUT2D eigenvalue weighted by Gasteiger charge is 2.34. The molecule has 6 nitrogen and oxygen atoms in total. The number of urea groups is 1. The van der Waals surface area contributed by atoms with Gasteiger partial charge in [0.15, 0.2) is 11.5 Å². The van der Waals surface area contributed by atoms with Crippen molar-refractivity contribution in [3.05, 3.63) is 101 Å². The maximum atomic E-state index is 13.9. The highest BCUT2D eigenvalue weighted by molar-refractivity contribution is 6.13. The molecule has 0 aromatic heterocycles. The van der Waals surface area contributed by atoms with Crippen LogP contribution < -0.4 is 14.8 Å². The summed E-state index contributed by atoms with van der Waals surface area (Å²) in [5.74, 6) is -0.483. The minimum absolute atomic E-state index is 0.0679. The Morgan fingerprint density at radius 2 is 1.73 bits per heavy atom. The lowest BCUT2D eigenvalue weighted by Gasteiger charge is -2.12. The molecule has 0 unspecified atom stereocenters. The van der Waals surface area contributed by atoms with Crippen LogP contribution in [0.25, 0.3) is 6.08 Å². The van der Waals surface area contributed by atoms with Crippen molar-refractivity contribution in [2.45, 2.75) is 13.2 Å². The molecule has 3 aromatic rings. The number of benzene rings is 3.